The Kier molecular flexibility index (Phi) is 3.54. The predicted molar refractivity (Wildman–Crippen MR) is 66.6 cm³/mol. The molecule has 1 aliphatic rings. The molecule has 1 aromatic carbocycles. The molecule has 1 aromatic rings. The first-order chi connectivity index (χ1) is 7.74. The summed E-state index contributed by atoms with van der Waals surface area (Å²) in [6.45, 7) is 4.79. The Bertz CT molecular complexity index is 413. The zero-order valence-corrected chi connectivity index (χ0v) is 10.5. The van der Waals surface area contributed by atoms with Crippen molar-refractivity contribution in [3.63, 3.8) is 0 Å². The summed E-state index contributed by atoms with van der Waals surface area (Å²) in [7, 11) is 0. The molecule has 0 radical (unpaired) electrons. The Morgan fingerprint density at radius 3 is 3.00 bits per heavy atom. The number of benzene rings is 1. The van der Waals surface area contributed by atoms with Crippen LogP contribution in [0.4, 0.5) is 0 Å². The van der Waals surface area contributed by atoms with Gasteiger partial charge in [-0.2, -0.15) is 0 Å². The number of ketones is 1. The van der Waals surface area contributed by atoms with Gasteiger partial charge in [0.1, 0.15) is 5.75 Å². The van der Waals surface area contributed by atoms with Crippen LogP contribution in [0.1, 0.15) is 35.7 Å². The summed E-state index contributed by atoms with van der Waals surface area (Å²) in [5.41, 5.74) is 1.95. The third-order valence-corrected chi connectivity index (χ3v) is 3.75. The highest BCUT2D eigenvalue weighted by Crippen LogP contribution is 2.39. The summed E-state index contributed by atoms with van der Waals surface area (Å²) in [4.78, 5) is 12.9. The largest absolute Gasteiger partial charge is 0.492 e. The minimum atomic E-state index is 0.258. The van der Waals surface area contributed by atoms with Crippen LogP contribution in [0.15, 0.2) is 17.0 Å². The molecule has 16 heavy (non-hydrogen) atoms. The highest BCUT2D eigenvalue weighted by molar-refractivity contribution is 7.99. The van der Waals surface area contributed by atoms with Gasteiger partial charge in [-0.3, -0.25) is 4.79 Å². The van der Waals surface area contributed by atoms with E-state index >= 15 is 0 Å². The number of Topliss-reactive ketones (excluding diaryl/α,β-unsaturated/α-hetero) is 1. The van der Waals surface area contributed by atoms with Crippen molar-refractivity contribution in [2.45, 2.75) is 31.6 Å². The maximum Gasteiger partial charge on any atom is 0.165 e. The standard InChI is InChI=1S/C13H16O2S/c1-3-7-15-11-5-4-9(2)12-10(14)6-8-16-13(11)12/h4-5H,3,6-8H2,1-2H3. The van der Waals surface area contributed by atoms with Gasteiger partial charge in [-0.05, 0) is 25.0 Å². The van der Waals surface area contributed by atoms with Crippen LogP contribution < -0.4 is 4.74 Å². The van der Waals surface area contributed by atoms with E-state index in [1.54, 1.807) is 11.8 Å². The van der Waals surface area contributed by atoms with Crippen LogP contribution in [0.5, 0.6) is 5.75 Å². The minimum Gasteiger partial charge on any atom is -0.492 e. The summed E-state index contributed by atoms with van der Waals surface area (Å²) in [5.74, 6) is 2.01. The van der Waals surface area contributed by atoms with E-state index < -0.39 is 0 Å². The van der Waals surface area contributed by atoms with E-state index in [2.05, 4.69) is 6.92 Å². The number of ether oxygens (including phenoxy) is 1. The van der Waals surface area contributed by atoms with Crippen LogP contribution in [-0.4, -0.2) is 18.1 Å². The van der Waals surface area contributed by atoms with Gasteiger partial charge in [-0.15, -0.1) is 11.8 Å². The van der Waals surface area contributed by atoms with Gasteiger partial charge in [0.05, 0.1) is 11.5 Å². The monoisotopic (exact) mass is 236 g/mol. The number of fused-ring (bicyclic) bond motifs is 1. The Balaban J connectivity index is 2.41. The van der Waals surface area contributed by atoms with Crippen molar-refractivity contribution >= 4 is 17.5 Å². The fourth-order valence-electron chi connectivity index (χ4n) is 1.85. The lowest BCUT2D eigenvalue weighted by molar-refractivity contribution is 0.0983. The molecule has 0 aliphatic carbocycles. The Hall–Kier alpha value is -0.960. The number of hydrogen-bond acceptors (Lipinski definition) is 3. The van der Waals surface area contributed by atoms with Crippen molar-refractivity contribution in [2.75, 3.05) is 12.4 Å². The molecular formula is C13H16O2S. The molecule has 0 amide bonds. The molecule has 1 aliphatic heterocycles. The van der Waals surface area contributed by atoms with E-state index in [4.69, 9.17) is 4.74 Å². The van der Waals surface area contributed by atoms with Gasteiger partial charge >= 0.3 is 0 Å². The second kappa shape index (κ2) is 4.91. The summed E-state index contributed by atoms with van der Waals surface area (Å²) >= 11 is 1.74. The van der Waals surface area contributed by atoms with E-state index in [0.717, 1.165) is 33.9 Å². The lowest BCUT2D eigenvalue weighted by Gasteiger charge is -2.19. The van der Waals surface area contributed by atoms with Gasteiger partial charge < -0.3 is 4.74 Å². The Labute approximate surface area is 100 Å². The molecule has 3 heteroatoms. The van der Waals surface area contributed by atoms with Crippen LogP contribution >= 0.6 is 11.8 Å². The van der Waals surface area contributed by atoms with E-state index in [-0.39, 0.29) is 5.78 Å². The van der Waals surface area contributed by atoms with Gasteiger partial charge in [-0.25, -0.2) is 0 Å². The molecule has 0 saturated carbocycles. The van der Waals surface area contributed by atoms with Crippen LogP contribution in [0.2, 0.25) is 0 Å². The van der Waals surface area contributed by atoms with E-state index in [1.807, 2.05) is 19.1 Å². The van der Waals surface area contributed by atoms with Crippen LogP contribution in [0, 0.1) is 6.92 Å². The number of carbonyl (C=O) groups excluding carboxylic acids is 1. The van der Waals surface area contributed by atoms with Crippen molar-refractivity contribution in [3.8, 4) is 5.75 Å². The molecule has 0 bridgehead atoms. The lowest BCUT2D eigenvalue weighted by Crippen LogP contribution is -2.12. The molecule has 0 atom stereocenters. The summed E-state index contributed by atoms with van der Waals surface area (Å²) in [5, 5.41) is 0. The van der Waals surface area contributed by atoms with Crippen molar-refractivity contribution in [3.05, 3.63) is 23.3 Å². The molecule has 1 heterocycles. The van der Waals surface area contributed by atoms with Crippen molar-refractivity contribution in [1.82, 2.24) is 0 Å². The molecular weight excluding hydrogens is 220 g/mol. The fourth-order valence-corrected chi connectivity index (χ4v) is 3.03. The zero-order valence-electron chi connectivity index (χ0n) is 9.71. The molecule has 0 N–H and O–H groups in total. The molecule has 0 unspecified atom stereocenters. The van der Waals surface area contributed by atoms with Crippen LogP contribution in [0.25, 0.3) is 0 Å². The fraction of sp³-hybridized carbons (Fsp3) is 0.462. The number of rotatable bonds is 3. The summed E-state index contributed by atoms with van der Waals surface area (Å²) < 4.78 is 5.68. The second-order valence-electron chi connectivity index (χ2n) is 3.95. The molecule has 86 valence electrons. The van der Waals surface area contributed by atoms with Crippen molar-refractivity contribution in [2.24, 2.45) is 0 Å². The highest BCUT2D eigenvalue weighted by atomic mass is 32.2. The van der Waals surface area contributed by atoms with Crippen molar-refractivity contribution < 1.29 is 9.53 Å². The molecule has 2 nitrogen and oxygen atoms in total. The predicted octanol–water partition coefficient (Wildman–Crippen LogP) is 3.46. The summed E-state index contributed by atoms with van der Waals surface area (Å²) in [6, 6.07) is 3.96. The normalized spacial score (nSPS) is 14.8. The van der Waals surface area contributed by atoms with E-state index in [0.29, 0.717) is 13.0 Å². The smallest absolute Gasteiger partial charge is 0.165 e. The van der Waals surface area contributed by atoms with Gasteiger partial charge in [0, 0.05) is 17.7 Å². The number of hydrogen-bond donors (Lipinski definition) is 0. The lowest BCUT2D eigenvalue weighted by atomic mass is 10.0. The zero-order chi connectivity index (χ0) is 11.5. The molecule has 0 aromatic heterocycles. The third-order valence-electron chi connectivity index (χ3n) is 2.65. The molecule has 0 saturated heterocycles. The topological polar surface area (TPSA) is 26.3 Å². The summed E-state index contributed by atoms with van der Waals surface area (Å²) in [6.07, 6.45) is 1.64. The number of carbonyl (C=O) groups is 1. The van der Waals surface area contributed by atoms with Crippen molar-refractivity contribution in [1.29, 1.82) is 0 Å². The Morgan fingerprint density at radius 1 is 1.44 bits per heavy atom. The van der Waals surface area contributed by atoms with Crippen LogP contribution in [0.3, 0.4) is 0 Å². The highest BCUT2D eigenvalue weighted by Gasteiger charge is 2.23. The van der Waals surface area contributed by atoms with Gasteiger partial charge in [0.15, 0.2) is 5.78 Å². The average molecular weight is 236 g/mol. The molecule has 0 fully saturated rings. The SMILES string of the molecule is CCCOc1ccc(C)c2c1SCCC2=O. The maximum atomic E-state index is 11.9. The first-order valence-electron chi connectivity index (χ1n) is 5.66. The Morgan fingerprint density at radius 2 is 2.25 bits per heavy atom. The minimum absolute atomic E-state index is 0.258. The van der Waals surface area contributed by atoms with E-state index in [9.17, 15) is 4.79 Å². The molecule has 2 rings (SSSR count). The third kappa shape index (κ3) is 2.09. The number of aryl methyl sites for hydroxylation is 1. The quantitative estimate of drug-likeness (QED) is 0.804. The first kappa shape index (κ1) is 11.5. The van der Waals surface area contributed by atoms with Crippen LogP contribution in [-0.2, 0) is 0 Å². The first-order valence-corrected chi connectivity index (χ1v) is 6.65. The molecule has 0 spiro atoms. The average Bonchev–Trinajstić information content (AvgIpc) is 2.28. The maximum absolute atomic E-state index is 11.9. The van der Waals surface area contributed by atoms with Gasteiger partial charge in [0.2, 0.25) is 0 Å². The van der Waals surface area contributed by atoms with Gasteiger partial charge in [0.25, 0.3) is 0 Å². The number of thioether (sulfide) groups is 1. The van der Waals surface area contributed by atoms with Gasteiger partial charge in [-0.1, -0.05) is 13.0 Å². The second-order valence-corrected chi connectivity index (χ2v) is 5.06. The van der Waals surface area contributed by atoms with E-state index in [1.165, 1.54) is 0 Å².